The minimum atomic E-state index is -1.79. The highest BCUT2D eigenvalue weighted by molar-refractivity contribution is 4.96. The van der Waals surface area contributed by atoms with E-state index < -0.39 is 105 Å². The largest absolute Gasteiger partial charge is 0.394 e. The van der Waals surface area contributed by atoms with Crippen molar-refractivity contribution in [2.75, 3.05) is 20.3 Å². The summed E-state index contributed by atoms with van der Waals surface area (Å²) in [5.41, 5.74) is 0. The lowest BCUT2D eigenvalue weighted by atomic mass is 9.96. The normalized spacial score (nSPS) is 52.5. The Balaban J connectivity index is 1.78. The number of rotatable bonds is 7. The van der Waals surface area contributed by atoms with Crippen LogP contribution in [0, 0.1) is 0 Å². The lowest BCUT2D eigenvalue weighted by Crippen LogP contribution is -2.66. The second-order valence-electron chi connectivity index (χ2n) is 8.53. The second-order valence-corrected chi connectivity index (χ2v) is 8.53. The number of aliphatic hydroxyl groups is 9. The molecule has 0 aromatic carbocycles. The van der Waals surface area contributed by atoms with Gasteiger partial charge in [-0.05, 0) is 6.92 Å². The Labute approximate surface area is 194 Å². The van der Waals surface area contributed by atoms with Crippen LogP contribution in [-0.4, -0.2) is 158 Å². The summed E-state index contributed by atoms with van der Waals surface area (Å²) in [4.78, 5) is 0. The fourth-order valence-electron chi connectivity index (χ4n) is 4.16. The van der Waals surface area contributed by atoms with Gasteiger partial charge in [-0.15, -0.1) is 0 Å². The van der Waals surface area contributed by atoms with Crippen molar-refractivity contribution in [1.29, 1.82) is 0 Å². The van der Waals surface area contributed by atoms with Gasteiger partial charge in [0.2, 0.25) is 0 Å². The molecule has 0 aromatic rings. The van der Waals surface area contributed by atoms with Crippen LogP contribution in [0.5, 0.6) is 0 Å². The van der Waals surface area contributed by atoms with E-state index in [9.17, 15) is 46.0 Å². The Bertz CT molecular complexity index is 639. The first-order valence-electron chi connectivity index (χ1n) is 10.8. The summed E-state index contributed by atoms with van der Waals surface area (Å²) in [6, 6.07) is 0. The van der Waals surface area contributed by atoms with Crippen molar-refractivity contribution in [3.05, 3.63) is 0 Å². The maximum absolute atomic E-state index is 11.0. The molecule has 9 N–H and O–H groups in total. The van der Waals surface area contributed by atoms with Gasteiger partial charge in [-0.1, -0.05) is 0 Å². The van der Waals surface area contributed by atoms with E-state index in [1.807, 2.05) is 0 Å². The van der Waals surface area contributed by atoms with Gasteiger partial charge in [-0.25, -0.2) is 0 Å². The molecule has 0 bridgehead atoms. The van der Waals surface area contributed by atoms with E-state index in [0.29, 0.717) is 0 Å². The van der Waals surface area contributed by atoms with Gasteiger partial charge < -0.3 is 74.4 Å². The molecule has 0 radical (unpaired) electrons. The van der Waals surface area contributed by atoms with E-state index in [1.54, 1.807) is 0 Å². The first-order valence-corrected chi connectivity index (χ1v) is 10.8. The average Bonchev–Trinajstić information content (AvgIpc) is 2.83. The topological polar surface area (TPSA) is 237 Å². The molecular formula is C19H34O15. The number of aliphatic hydroxyl groups excluding tert-OH is 9. The summed E-state index contributed by atoms with van der Waals surface area (Å²) >= 11 is 0. The molecule has 0 unspecified atom stereocenters. The fraction of sp³-hybridized carbons (Fsp3) is 1.00. The van der Waals surface area contributed by atoms with Crippen molar-refractivity contribution in [2.24, 2.45) is 0 Å². The molecule has 3 aliphatic rings. The first-order chi connectivity index (χ1) is 16.0. The van der Waals surface area contributed by atoms with Crippen LogP contribution in [-0.2, 0) is 28.4 Å². The van der Waals surface area contributed by atoms with Gasteiger partial charge in [0.25, 0.3) is 0 Å². The van der Waals surface area contributed by atoms with Crippen LogP contribution in [0.4, 0.5) is 0 Å². The minimum absolute atomic E-state index is 0.684. The minimum Gasteiger partial charge on any atom is -0.394 e. The molecule has 3 fully saturated rings. The fourth-order valence-corrected chi connectivity index (χ4v) is 4.16. The lowest BCUT2D eigenvalue weighted by Gasteiger charge is -2.48. The third-order valence-corrected chi connectivity index (χ3v) is 6.27. The van der Waals surface area contributed by atoms with Crippen molar-refractivity contribution in [3.8, 4) is 0 Å². The number of hydrogen-bond acceptors (Lipinski definition) is 15. The van der Waals surface area contributed by atoms with Crippen molar-refractivity contribution in [3.63, 3.8) is 0 Å². The van der Waals surface area contributed by atoms with Gasteiger partial charge in [0.05, 0.1) is 19.3 Å². The highest BCUT2D eigenvalue weighted by Crippen LogP contribution is 2.32. The van der Waals surface area contributed by atoms with Gasteiger partial charge in [-0.2, -0.15) is 0 Å². The monoisotopic (exact) mass is 502 g/mol. The number of ether oxygens (including phenoxy) is 6. The zero-order valence-electron chi connectivity index (χ0n) is 18.5. The molecule has 3 rings (SSSR count). The van der Waals surface area contributed by atoms with Crippen LogP contribution in [0.25, 0.3) is 0 Å². The third-order valence-electron chi connectivity index (χ3n) is 6.27. The molecule has 0 amide bonds. The van der Waals surface area contributed by atoms with E-state index in [0.717, 1.165) is 0 Å². The van der Waals surface area contributed by atoms with Crippen LogP contribution in [0.1, 0.15) is 6.92 Å². The maximum Gasteiger partial charge on any atom is 0.187 e. The summed E-state index contributed by atoms with van der Waals surface area (Å²) in [5.74, 6) is 0. The van der Waals surface area contributed by atoms with E-state index in [-0.39, 0.29) is 0 Å². The number of methoxy groups -OCH3 is 1. The average molecular weight is 502 g/mol. The molecule has 15 heteroatoms. The molecule has 200 valence electrons. The van der Waals surface area contributed by atoms with Gasteiger partial charge in [0.15, 0.2) is 18.9 Å². The molecule has 0 aromatic heterocycles. The Kier molecular flexibility index (Phi) is 9.57. The quantitative estimate of drug-likeness (QED) is 0.157. The second kappa shape index (κ2) is 11.6. The Morgan fingerprint density at radius 3 is 1.62 bits per heavy atom. The first kappa shape index (κ1) is 28.0. The predicted molar refractivity (Wildman–Crippen MR) is 105 cm³/mol. The standard InChI is InChI=1S/C19H34O15/c1-5-8(22)10(24)12(26)17(30-5)34-16-14(28)15(7(4-21)32-19(16)29-2)33-18-13(27)11(25)9(23)6(3-20)31-18/h5-28H,3-4H2,1-2H3/t5-,6-,7-,8-,9-,10+,11+,12+,13-,14+,15+,16-,17-,18+,19-/m1/s1. The van der Waals surface area contributed by atoms with Crippen LogP contribution in [0.15, 0.2) is 0 Å². The summed E-state index contributed by atoms with van der Waals surface area (Å²) in [5, 5.41) is 90.4. The van der Waals surface area contributed by atoms with Crippen molar-refractivity contribution in [1.82, 2.24) is 0 Å². The van der Waals surface area contributed by atoms with Crippen molar-refractivity contribution < 1.29 is 74.4 Å². The maximum atomic E-state index is 11.0. The lowest BCUT2D eigenvalue weighted by molar-refractivity contribution is -0.383. The summed E-state index contributed by atoms with van der Waals surface area (Å²) in [6.07, 6.45) is -22.4. The van der Waals surface area contributed by atoms with Crippen molar-refractivity contribution in [2.45, 2.75) is 99.0 Å². The number of hydrogen-bond donors (Lipinski definition) is 9. The molecule has 3 heterocycles. The molecule has 0 spiro atoms. The smallest absolute Gasteiger partial charge is 0.187 e. The molecule has 15 nitrogen and oxygen atoms in total. The van der Waals surface area contributed by atoms with Gasteiger partial charge >= 0.3 is 0 Å². The predicted octanol–water partition coefficient (Wildman–Crippen LogP) is -5.89. The van der Waals surface area contributed by atoms with Gasteiger partial charge in [0, 0.05) is 7.11 Å². The summed E-state index contributed by atoms with van der Waals surface area (Å²) < 4.78 is 32.7. The van der Waals surface area contributed by atoms with Crippen molar-refractivity contribution >= 4 is 0 Å². The zero-order valence-corrected chi connectivity index (χ0v) is 18.5. The Morgan fingerprint density at radius 1 is 0.559 bits per heavy atom. The van der Waals surface area contributed by atoms with E-state index >= 15 is 0 Å². The SMILES string of the molecule is CO[C@@H]1O[C@H](CO)[C@H](O[C@@H]2O[C@H](CO)[C@@H](O)[C@H](O)[C@H]2O)[C@H](O)[C@H]1O[C@H]1O[C@H](C)[C@@H](O)[C@H](O)[C@@H]1O. The third kappa shape index (κ3) is 5.39. The van der Waals surface area contributed by atoms with Gasteiger partial charge in [0.1, 0.15) is 67.1 Å². The van der Waals surface area contributed by atoms with Gasteiger partial charge in [-0.3, -0.25) is 0 Å². The highest BCUT2D eigenvalue weighted by atomic mass is 16.8. The van der Waals surface area contributed by atoms with Crippen LogP contribution >= 0.6 is 0 Å². The summed E-state index contributed by atoms with van der Waals surface area (Å²) in [7, 11) is 1.22. The van der Waals surface area contributed by atoms with Crippen LogP contribution in [0.2, 0.25) is 0 Å². The van der Waals surface area contributed by atoms with E-state index in [2.05, 4.69) is 0 Å². The molecule has 0 aliphatic carbocycles. The highest BCUT2D eigenvalue weighted by Gasteiger charge is 2.53. The Morgan fingerprint density at radius 2 is 1.06 bits per heavy atom. The molecule has 15 atom stereocenters. The van der Waals surface area contributed by atoms with E-state index in [1.165, 1.54) is 14.0 Å². The molecular weight excluding hydrogens is 468 g/mol. The summed E-state index contributed by atoms with van der Waals surface area (Å²) in [6.45, 7) is 0.0412. The zero-order chi connectivity index (χ0) is 25.3. The molecule has 3 aliphatic heterocycles. The van der Waals surface area contributed by atoms with Crippen LogP contribution in [0.3, 0.4) is 0 Å². The molecule has 0 saturated carbocycles. The molecule has 3 saturated heterocycles. The Hall–Kier alpha value is -0.600. The van der Waals surface area contributed by atoms with E-state index in [4.69, 9.17) is 28.4 Å². The van der Waals surface area contributed by atoms with Crippen LogP contribution < -0.4 is 0 Å². The molecule has 34 heavy (non-hydrogen) atoms.